The van der Waals surface area contributed by atoms with Gasteiger partial charge in [-0.3, -0.25) is 9.59 Å². The summed E-state index contributed by atoms with van der Waals surface area (Å²) in [6, 6.07) is 3.13. The maximum atomic E-state index is 11.9. The minimum Gasteiger partial charge on any atom is -0.468 e. The Labute approximate surface area is 373 Å². The summed E-state index contributed by atoms with van der Waals surface area (Å²) in [7, 11) is 2.68. The first-order valence-electron chi connectivity index (χ1n) is 20.1. The van der Waals surface area contributed by atoms with Gasteiger partial charge in [0.05, 0.1) is 40.6 Å². The lowest BCUT2D eigenvalue weighted by molar-refractivity contribution is -0.168. The molecule has 2 saturated heterocycles. The van der Waals surface area contributed by atoms with E-state index in [-0.39, 0.29) is 67.9 Å². The van der Waals surface area contributed by atoms with Crippen LogP contribution in [0.1, 0.15) is 89.6 Å². The summed E-state index contributed by atoms with van der Waals surface area (Å²) in [4.78, 5) is 23.5. The summed E-state index contributed by atoms with van der Waals surface area (Å²) in [6.45, 7) is 12.3. The largest absolute Gasteiger partial charge is 0.468 e. The van der Waals surface area contributed by atoms with Crippen molar-refractivity contribution in [1.82, 2.24) is 10.3 Å². The van der Waals surface area contributed by atoms with Crippen LogP contribution in [0.3, 0.4) is 0 Å². The predicted molar refractivity (Wildman–Crippen MR) is 230 cm³/mol. The van der Waals surface area contributed by atoms with Gasteiger partial charge in [-0.1, -0.05) is 45.5 Å². The molecule has 16 nitrogen and oxygen atoms in total. The van der Waals surface area contributed by atoms with E-state index in [1.807, 2.05) is 50.3 Å². The minimum atomic E-state index is -0.530. The third-order valence-corrected chi connectivity index (χ3v) is 8.84. The third kappa shape index (κ3) is 22.9. The van der Waals surface area contributed by atoms with Crippen LogP contribution >= 0.6 is 22.6 Å². The molecule has 336 valence electrons. The van der Waals surface area contributed by atoms with Gasteiger partial charge in [-0.15, -0.1) is 6.42 Å². The number of carbonyl (C=O) groups excluding carboxylic acids is 2. The zero-order valence-corrected chi connectivity index (χ0v) is 38.2. The Morgan fingerprint density at radius 1 is 0.705 bits per heavy atom. The predicted octanol–water partition coefficient (Wildman–Crippen LogP) is 6.07. The van der Waals surface area contributed by atoms with Crippen molar-refractivity contribution in [2.45, 2.75) is 90.6 Å². The number of carbonyl (C=O) groups is 2. The highest BCUT2D eigenvalue weighted by Gasteiger charge is 2.30. The standard InChI is InChI=1S/C22H29NO7.C12H15NO4.C10H15IO3/c1-17(2)21(22(24)25-3)18-16-19(23-30-18)27-12-8-5-4-7-11-26-14-15-29-20-10-6-9-13-28-20;1-5-6-16-10-7-9(17-13-10)11(8(2)3)12(14)15-4;11-5-3-6-12-8-9-14-10-4-1-2-7-13-10/h16-17,20-21H,6,9-15H2,1-3H3;1,7-8,11H,6H2,2-4H3;10H,1-2,4,6-9H2. The molecule has 0 radical (unpaired) electrons. The summed E-state index contributed by atoms with van der Waals surface area (Å²) >= 11 is 1.99. The second-order valence-electron chi connectivity index (χ2n) is 13.7. The van der Waals surface area contributed by atoms with Crippen molar-refractivity contribution in [3.8, 4) is 57.6 Å². The van der Waals surface area contributed by atoms with E-state index in [0.717, 1.165) is 45.3 Å². The second-order valence-corrected chi connectivity index (χ2v) is 14.3. The summed E-state index contributed by atoms with van der Waals surface area (Å²) in [5.41, 5.74) is 0. The van der Waals surface area contributed by atoms with Gasteiger partial charge in [-0.25, -0.2) is 0 Å². The normalized spacial score (nSPS) is 16.5. The SMILES string of the molecule is C#CCOc1cc(C(C(=O)OC)C(C)C)on1.COC(=O)C(c1cc(OCC#CC#CCOCCOC2CCCCO2)no1)C(C)C.IC#CCOCCOC1CCCCO1. The van der Waals surface area contributed by atoms with Gasteiger partial charge in [0.15, 0.2) is 37.3 Å². The van der Waals surface area contributed by atoms with Crippen LogP contribution in [0, 0.1) is 57.7 Å². The van der Waals surface area contributed by atoms with E-state index < -0.39 is 11.8 Å². The number of esters is 2. The molecule has 2 aliphatic rings. The molecule has 4 rings (SSSR count). The molecule has 2 fully saturated rings. The molecule has 17 heteroatoms. The first kappa shape index (κ1) is 52.8. The molecule has 4 unspecified atom stereocenters. The average Bonchev–Trinajstić information content (AvgIpc) is 3.94. The highest BCUT2D eigenvalue weighted by Crippen LogP contribution is 2.29. The number of methoxy groups -OCH3 is 2. The van der Waals surface area contributed by atoms with E-state index >= 15 is 0 Å². The highest BCUT2D eigenvalue weighted by molar-refractivity contribution is 14.1. The molecular weight excluding hydrogens is 907 g/mol. The number of hydrogen-bond acceptors (Lipinski definition) is 16. The molecule has 61 heavy (non-hydrogen) atoms. The topological polar surface area (TPSA) is 178 Å². The Balaban J connectivity index is 0.000000348. The van der Waals surface area contributed by atoms with Crippen LogP contribution in [0.2, 0.25) is 0 Å². The number of ether oxygens (including phenoxy) is 10. The fraction of sp³-hybridized carbons (Fsp3) is 0.636. The molecule has 2 aromatic heterocycles. The molecule has 0 bridgehead atoms. The maximum absolute atomic E-state index is 11.9. The summed E-state index contributed by atoms with van der Waals surface area (Å²) in [6.07, 6.45) is 11.5. The molecule has 0 aliphatic carbocycles. The first-order valence-corrected chi connectivity index (χ1v) is 21.2. The number of nitrogens with zero attached hydrogens (tertiary/aromatic N) is 2. The van der Waals surface area contributed by atoms with E-state index in [1.54, 1.807) is 12.1 Å². The maximum Gasteiger partial charge on any atom is 0.316 e. The fourth-order valence-electron chi connectivity index (χ4n) is 5.48. The van der Waals surface area contributed by atoms with Crippen molar-refractivity contribution >= 4 is 34.5 Å². The Morgan fingerprint density at radius 3 is 1.57 bits per heavy atom. The second kappa shape index (κ2) is 33.3. The van der Waals surface area contributed by atoms with Crippen LogP contribution in [0.15, 0.2) is 21.2 Å². The lowest BCUT2D eigenvalue weighted by atomic mass is 9.93. The van der Waals surface area contributed by atoms with Gasteiger partial charge < -0.3 is 56.4 Å². The van der Waals surface area contributed by atoms with Gasteiger partial charge in [0.1, 0.15) is 25.0 Å². The third-order valence-electron chi connectivity index (χ3n) is 8.46. The zero-order chi connectivity index (χ0) is 44.5. The molecule has 4 heterocycles. The quantitative estimate of drug-likeness (QED) is 0.0645. The van der Waals surface area contributed by atoms with Gasteiger partial charge in [0.2, 0.25) is 0 Å². The number of halogens is 1. The van der Waals surface area contributed by atoms with Gasteiger partial charge >= 0.3 is 11.9 Å². The van der Waals surface area contributed by atoms with Crippen molar-refractivity contribution in [2.75, 3.05) is 80.3 Å². The minimum absolute atomic E-state index is 0.00249. The average molecular weight is 967 g/mol. The molecular formula is C44H59IN2O14. The van der Waals surface area contributed by atoms with E-state index in [4.69, 9.17) is 62.8 Å². The Morgan fingerprint density at radius 2 is 1.16 bits per heavy atom. The summed E-state index contributed by atoms with van der Waals surface area (Å²) < 4.78 is 65.5. The molecule has 0 aromatic carbocycles. The van der Waals surface area contributed by atoms with Crippen molar-refractivity contribution in [1.29, 1.82) is 0 Å². The molecule has 0 amide bonds. The van der Waals surface area contributed by atoms with Crippen molar-refractivity contribution in [3.63, 3.8) is 0 Å². The van der Waals surface area contributed by atoms with Crippen molar-refractivity contribution in [3.05, 3.63) is 23.7 Å². The van der Waals surface area contributed by atoms with Crippen LogP contribution in [0.5, 0.6) is 11.8 Å². The van der Waals surface area contributed by atoms with Crippen LogP contribution in [-0.4, -0.2) is 115 Å². The van der Waals surface area contributed by atoms with E-state index in [9.17, 15) is 9.59 Å². The first-order chi connectivity index (χ1) is 29.6. The lowest BCUT2D eigenvalue weighted by Crippen LogP contribution is -2.23. The molecule has 0 N–H and O–H groups in total. The Kier molecular flexibility index (Phi) is 28.9. The van der Waals surface area contributed by atoms with Gasteiger partial charge in [-0.2, -0.15) is 0 Å². The Bertz CT molecular complexity index is 1740. The number of terminal acetylenes is 1. The van der Waals surface area contributed by atoms with Gasteiger partial charge in [0, 0.05) is 47.9 Å². The Hall–Kier alpha value is -4.31. The molecule has 4 atom stereocenters. The van der Waals surface area contributed by atoms with E-state index in [0.29, 0.717) is 44.6 Å². The number of aromatic nitrogens is 2. The van der Waals surface area contributed by atoms with Crippen LogP contribution < -0.4 is 9.47 Å². The molecule has 2 aliphatic heterocycles. The highest BCUT2D eigenvalue weighted by atomic mass is 127. The van der Waals surface area contributed by atoms with Crippen LogP contribution in [-0.2, 0) is 47.5 Å². The van der Waals surface area contributed by atoms with Crippen molar-refractivity contribution < 1.29 is 66.0 Å². The van der Waals surface area contributed by atoms with Crippen LogP contribution in [0.4, 0.5) is 0 Å². The fourth-order valence-corrected chi connectivity index (χ4v) is 5.64. The lowest BCUT2D eigenvalue weighted by Gasteiger charge is -2.22. The molecule has 2 aromatic rings. The number of rotatable bonds is 20. The molecule has 0 saturated carbocycles. The number of hydrogen-bond donors (Lipinski definition) is 0. The van der Waals surface area contributed by atoms with Gasteiger partial charge in [-0.05, 0) is 82.4 Å². The summed E-state index contributed by atoms with van der Waals surface area (Å²) in [5.74, 6) is 15.7. The zero-order valence-electron chi connectivity index (χ0n) is 36.0. The smallest absolute Gasteiger partial charge is 0.316 e. The van der Waals surface area contributed by atoms with Crippen molar-refractivity contribution in [2.24, 2.45) is 11.8 Å². The van der Waals surface area contributed by atoms with E-state index in [2.05, 4.69) is 49.8 Å². The monoisotopic (exact) mass is 966 g/mol. The summed E-state index contributed by atoms with van der Waals surface area (Å²) in [5, 5.41) is 7.47. The molecule has 0 spiro atoms. The van der Waals surface area contributed by atoms with Gasteiger partial charge in [0.25, 0.3) is 11.8 Å². The van der Waals surface area contributed by atoms with Crippen LogP contribution in [0.25, 0.3) is 0 Å². The van der Waals surface area contributed by atoms with E-state index in [1.165, 1.54) is 20.6 Å².